The van der Waals surface area contributed by atoms with Gasteiger partial charge in [0.15, 0.2) is 0 Å². The average Bonchev–Trinajstić information content (AvgIpc) is 2.49. The van der Waals surface area contributed by atoms with Crippen LogP contribution in [-0.2, 0) is 15.9 Å². The maximum absolute atomic E-state index is 5.98. The highest BCUT2D eigenvalue weighted by Crippen LogP contribution is 2.25. The first kappa shape index (κ1) is 15.5. The molecule has 1 aromatic carbocycles. The Morgan fingerprint density at radius 2 is 1.75 bits per heavy atom. The van der Waals surface area contributed by atoms with Crippen LogP contribution in [0.2, 0.25) is 0 Å². The van der Waals surface area contributed by atoms with Gasteiger partial charge in [-0.3, -0.25) is 0 Å². The van der Waals surface area contributed by atoms with Crippen molar-refractivity contribution in [3.05, 3.63) is 35.4 Å². The standard InChI is InChI=1S/C18H28O2/c1-3-5-6-8-17-13-20-18(14-19-17)16-11-9-15(7-4-2)10-12-16/h9-12,17-18H,3-8,13-14H2,1-2H3/t17-,18-/m0/s1. The zero-order valence-corrected chi connectivity index (χ0v) is 12.9. The summed E-state index contributed by atoms with van der Waals surface area (Å²) in [7, 11) is 0. The van der Waals surface area contributed by atoms with Gasteiger partial charge in [-0.2, -0.15) is 0 Å². The van der Waals surface area contributed by atoms with Gasteiger partial charge in [0.25, 0.3) is 0 Å². The zero-order valence-electron chi connectivity index (χ0n) is 12.9. The Labute approximate surface area is 123 Å². The quantitative estimate of drug-likeness (QED) is 0.673. The molecule has 1 aliphatic rings. The first-order valence-electron chi connectivity index (χ1n) is 8.15. The van der Waals surface area contributed by atoms with Gasteiger partial charge in [0.1, 0.15) is 6.10 Å². The van der Waals surface area contributed by atoms with Crippen molar-refractivity contribution >= 4 is 0 Å². The minimum absolute atomic E-state index is 0.119. The number of hydrogen-bond donors (Lipinski definition) is 0. The lowest BCUT2D eigenvalue weighted by atomic mass is 10.0. The maximum atomic E-state index is 5.98. The van der Waals surface area contributed by atoms with E-state index in [1.807, 2.05) is 0 Å². The summed E-state index contributed by atoms with van der Waals surface area (Å²) >= 11 is 0. The summed E-state index contributed by atoms with van der Waals surface area (Å²) in [6.45, 7) is 5.89. The largest absolute Gasteiger partial charge is 0.373 e. The van der Waals surface area contributed by atoms with Crippen molar-refractivity contribution in [3.8, 4) is 0 Å². The normalized spacial score (nSPS) is 22.9. The molecule has 1 fully saturated rings. The van der Waals surface area contributed by atoms with E-state index in [1.54, 1.807) is 0 Å². The lowest BCUT2D eigenvalue weighted by Crippen LogP contribution is -2.31. The van der Waals surface area contributed by atoms with E-state index < -0.39 is 0 Å². The SMILES string of the molecule is CCCCC[C@H]1CO[C@H](c2ccc(CCC)cc2)CO1. The van der Waals surface area contributed by atoms with Crippen LogP contribution in [0, 0.1) is 0 Å². The molecule has 0 N–H and O–H groups in total. The average molecular weight is 276 g/mol. The van der Waals surface area contributed by atoms with Gasteiger partial charge < -0.3 is 9.47 Å². The Balaban J connectivity index is 1.78. The van der Waals surface area contributed by atoms with E-state index >= 15 is 0 Å². The van der Waals surface area contributed by atoms with Crippen molar-refractivity contribution in [2.75, 3.05) is 13.2 Å². The Hall–Kier alpha value is -0.860. The van der Waals surface area contributed by atoms with Gasteiger partial charge in [-0.1, -0.05) is 63.8 Å². The van der Waals surface area contributed by atoms with Gasteiger partial charge in [0.05, 0.1) is 19.3 Å². The summed E-state index contributed by atoms with van der Waals surface area (Å²) in [6, 6.07) is 8.82. The highest BCUT2D eigenvalue weighted by atomic mass is 16.6. The summed E-state index contributed by atoms with van der Waals surface area (Å²) in [5, 5.41) is 0. The third kappa shape index (κ3) is 4.60. The monoisotopic (exact) mass is 276 g/mol. The molecule has 0 spiro atoms. The molecule has 2 rings (SSSR count). The van der Waals surface area contributed by atoms with Crippen LogP contribution in [0.5, 0.6) is 0 Å². The van der Waals surface area contributed by atoms with E-state index in [4.69, 9.17) is 9.47 Å². The van der Waals surface area contributed by atoms with Gasteiger partial charge in [-0.25, -0.2) is 0 Å². The summed E-state index contributed by atoms with van der Waals surface area (Å²) < 4.78 is 11.9. The fourth-order valence-corrected chi connectivity index (χ4v) is 2.71. The van der Waals surface area contributed by atoms with Crippen LogP contribution < -0.4 is 0 Å². The van der Waals surface area contributed by atoms with Crippen LogP contribution in [0.25, 0.3) is 0 Å². The molecular weight excluding hydrogens is 248 g/mol. The fourth-order valence-electron chi connectivity index (χ4n) is 2.71. The van der Waals surface area contributed by atoms with Crippen LogP contribution in [0.1, 0.15) is 63.2 Å². The van der Waals surface area contributed by atoms with Crippen LogP contribution in [-0.4, -0.2) is 19.3 Å². The second kappa shape index (κ2) is 8.43. The number of hydrogen-bond acceptors (Lipinski definition) is 2. The van der Waals surface area contributed by atoms with Crippen LogP contribution in [0.3, 0.4) is 0 Å². The minimum atomic E-state index is 0.119. The minimum Gasteiger partial charge on any atom is -0.373 e. The molecule has 20 heavy (non-hydrogen) atoms. The smallest absolute Gasteiger partial charge is 0.106 e. The predicted octanol–water partition coefficient (Wildman–Crippen LogP) is 4.68. The summed E-state index contributed by atoms with van der Waals surface area (Å²) in [5.41, 5.74) is 2.65. The van der Waals surface area contributed by atoms with Crippen molar-refractivity contribution < 1.29 is 9.47 Å². The van der Waals surface area contributed by atoms with E-state index in [-0.39, 0.29) is 6.10 Å². The van der Waals surface area contributed by atoms with Gasteiger partial charge in [-0.05, 0) is 24.0 Å². The van der Waals surface area contributed by atoms with Crippen LogP contribution in [0.4, 0.5) is 0 Å². The lowest BCUT2D eigenvalue weighted by molar-refractivity contribution is -0.137. The number of benzene rings is 1. The molecule has 2 heteroatoms. The van der Waals surface area contributed by atoms with Gasteiger partial charge in [-0.15, -0.1) is 0 Å². The zero-order chi connectivity index (χ0) is 14.2. The Morgan fingerprint density at radius 3 is 2.35 bits per heavy atom. The van der Waals surface area contributed by atoms with Crippen molar-refractivity contribution in [2.24, 2.45) is 0 Å². The van der Waals surface area contributed by atoms with E-state index in [0.29, 0.717) is 12.7 Å². The van der Waals surface area contributed by atoms with E-state index in [0.717, 1.165) is 19.4 Å². The molecule has 0 amide bonds. The lowest BCUT2D eigenvalue weighted by Gasteiger charge is -2.30. The van der Waals surface area contributed by atoms with Gasteiger partial charge >= 0.3 is 0 Å². The second-order valence-electron chi connectivity index (χ2n) is 5.76. The summed E-state index contributed by atoms with van der Waals surface area (Å²) in [4.78, 5) is 0. The highest BCUT2D eigenvalue weighted by Gasteiger charge is 2.22. The first-order chi connectivity index (χ1) is 9.83. The molecule has 1 saturated heterocycles. The molecule has 0 radical (unpaired) electrons. The second-order valence-corrected chi connectivity index (χ2v) is 5.76. The molecule has 2 atom stereocenters. The molecule has 2 nitrogen and oxygen atoms in total. The van der Waals surface area contributed by atoms with E-state index in [2.05, 4.69) is 38.1 Å². The van der Waals surface area contributed by atoms with E-state index in [1.165, 1.54) is 36.8 Å². The van der Waals surface area contributed by atoms with E-state index in [9.17, 15) is 0 Å². The predicted molar refractivity (Wildman–Crippen MR) is 83.0 cm³/mol. The van der Waals surface area contributed by atoms with Crippen molar-refractivity contribution in [2.45, 2.75) is 64.6 Å². The number of rotatable bonds is 7. The maximum Gasteiger partial charge on any atom is 0.106 e. The Kier molecular flexibility index (Phi) is 6.55. The molecule has 0 aromatic heterocycles. The third-order valence-corrected chi connectivity index (χ3v) is 3.99. The molecule has 112 valence electrons. The fraction of sp³-hybridized carbons (Fsp3) is 0.667. The molecule has 0 saturated carbocycles. The molecule has 1 aromatic rings. The van der Waals surface area contributed by atoms with Crippen molar-refractivity contribution in [1.29, 1.82) is 0 Å². The molecule has 0 aliphatic carbocycles. The molecular formula is C18H28O2. The molecule has 1 heterocycles. The number of ether oxygens (including phenoxy) is 2. The third-order valence-electron chi connectivity index (χ3n) is 3.99. The highest BCUT2D eigenvalue weighted by molar-refractivity contribution is 5.24. The Morgan fingerprint density at radius 1 is 0.950 bits per heavy atom. The summed E-state index contributed by atoms with van der Waals surface area (Å²) in [5.74, 6) is 0. The molecule has 1 aliphatic heterocycles. The van der Waals surface area contributed by atoms with Gasteiger partial charge in [0.2, 0.25) is 0 Å². The summed E-state index contributed by atoms with van der Waals surface area (Å²) in [6.07, 6.45) is 7.72. The molecule has 0 bridgehead atoms. The number of unbranched alkanes of at least 4 members (excludes halogenated alkanes) is 2. The topological polar surface area (TPSA) is 18.5 Å². The van der Waals surface area contributed by atoms with Crippen molar-refractivity contribution in [1.82, 2.24) is 0 Å². The van der Waals surface area contributed by atoms with Crippen LogP contribution in [0.15, 0.2) is 24.3 Å². The van der Waals surface area contributed by atoms with Crippen LogP contribution >= 0.6 is 0 Å². The molecule has 0 unspecified atom stereocenters. The number of aryl methyl sites for hydroxylation is 1. The van der Waals surface area contributed by atoms with Crippen molar-refractivity contribution in [3.63, 3.8) is 0 Å². The Bertz CT molecular complexity index is 364. The first-order valence-corrected chi connectivity index (χ1v) is 8.15. The van der Waals surface area contributed by atoms with Gasteiger partial charge in [0, 0.05) is 0 Å².